The van der Waals surface area contributed by atoms with Gasteiger partial charge in [-0.05, 0) is 83.1 Å². The van der Waals surface area contributed by atoms with Gasteiger partial charge in [0.05, 0.1) is 35.4 Å². The van der Waals surface area contributed by atoms with Crippen LogP contribution in [-0.4, -0.2) is 89.4 Å². The van der Waals surface area contributed by atoms with Crippen molar-refractivity contribution in [1.82, 2.24) is 19.8 Å². The molecule has 3 saturated heterocycles. The van der Waals surface area contributed by atoms with E-state index >= 15 is 0 Å². The molecule has 3 aromatic rings. The highest BCUT2D eigenvalue weighted by molar-refractivity contribution is 6.36. The number of allylic oxidation sites excluding steroid dienone is 1. The summed E-state index contributed by atoms with van der Waals surface area (Å²) in [4.78, 5) is 32.3. The Morgan fingerprint density at radius 3 is 2.68 bits per heavy atom. The maximum absolute atomic E-state index is 13.4. The molecule has 7 rings (SSSR count). The van der Waals surface area contributed by atoms with Crippen LogP contribution in [0.4, 0.5) is 16.3 Å². The number of nitrogens with zero attached hydrogens (tertiary/aromatic N) is 7. The Kier molecular flexibility index (Phi) is 8.39. The van der Waals surface area contributed by atoms with Gasteiger partial charge >= 0.3 is 12.1 Å². The van der Waals surface area contributed by atoms with E-state index in [-0.39, 0.29) is 18.2 Å². The number of nitriles is 1. The summed E-state index contributed by atoms with van der Waals surface area (Å²) in [5.74, 6) is 0.859. The second kappa shape index (κ2) is 12.5. The number of amides is 1. The van der Waals surface area contributed by atoms with Gasteiger partial charge in [-0.15, -0.1) is 0 Å². The van der Waals surface area contributed by atoms with E-state index in [9.17, 15) is 10.1 Å². The Balaban J connectivity index is 1.23. The van der Waals surface area contributed by atoms with Gasteiger partial charge in [-0.25, -0.2) is 4.79 Å². The topological polar surface area (TPSA) is 98.1 Å². The van der Waals surface area contributed by atoms with Crippen LogP contribution in [0, 0.1) is 11.3 Å². The number of benzene rings is 2. The molecule has 4 aliphatic rings. The monoisotopic (exact) mass is 655 g/mol. The maximum Gasteiger partial charge on any atom is 0.411 e. The van der Waals surface area contributed by atoms with Crippen molar-refractivity contribution in [2.45, 2.75) is 76.7 Å². The summed E-state index contributed by atoms with van der Waals surface area (Å²) in [6, 6.07) is 14.8. The van der Waals surface area contributed by atoms with Gasteiger partial charge in [0, 0.05) is 48.4 Å². The quantitative estimate of drug-likeness (QED) is 0.308. The normalized spacial score (nSPS) is 23.7. The van der Waals surface area contributed by atoms with Crippen molar-refractivity contribution >= 4 is 40.0 Å². The zero-order chi connectivity index (χ0) is 32.9. The second-order valence-corrected chi connectivity index (χ2v) is 14.6. The third-order valence-corrected chi connectivity index (χ3v) is 10.2. The minimum Gasteiger partial charge on any atom is -0.462 e. The van der Waals surface area contributed by atoms with Crippen LogP contribution < -0.4 is 14.5 Å². The van der Waals surface area contributed by atoms with Gasteiger partial charge < -0.3 is 24.2 Å². The van der Waals surface area contributed by atoms with Crippen LogP contribution in [0.25, 0.3) is 10.8 Å². The Labute approximate surface area is 281 Å². The van der Waals surface area contributed by atoms with E-state index < -0.39 is 5.60 Å². The number of likely N-dealkylation sites (N-methyl/N-ethyl adjacent to an activating group) is 1. The summed E-state index contributed by atoms with van der Waals surface area (Å²) < 4.78 is 12.2. The Morgan fingerprint density at radius 1 is 1.13 bits per heavy atom. The molecule has 0 aliphatic carbocycles. The largest absolute Gasteiger partial charge is 0.462 e. The predicted octanol–water partition coefficient (Wildman–Crippen LogP) is 5.97. The highest BCUT2D eigenvalue weighted by atomic mass is 35.5. The van der Waals surface area contributed by atoms with Crippen molar-refractivity contribution in [3.8, 4) is 12.1 Å². The van der Waals surface area contributed by atoms with Crippen LogP contribution in [0.5, 0.6) is 6.01 Å². The van der Waals surface area contributed by atoms with Crippen molar-refractivity contribution in [3.63, 3.8) is 0 Å². The van der Waals surface area contributed by atoms with Crippen LogP contribution in [0.15, 0.2) is 48.0 Å². The minimum absolute atomic E-state index is 0.136. The van der Waals surface area contributed by atoms with Gasteiger partial charge in [0.1, 0.15) is 18.0 Å². The molecule has 1 amide bonds. The lowest BCUT2D eigenvalue weighted by Crippen LogP contribution is -2.57. The smallest absolute Gasteiger partial charge is 0.411 e. The van der Waals surface area contributed by atoms with Crippen LogP contribution in [0.3, 0.4) is 0 Å². The van der Waals surface area contributed by atoms with Crippen molar-refractivity contribution in [2.24, 2.45) is 0 Å². The molecular weight excluding hydrogens is 614 g/mol. The summed E-state index contributed by atoms with van der Waals surface area (Å²) in [5, 5.41) is 12.5. The predicted molar refractivity (Wildman–Crippen MR) is 183 cm³/mol. The van der Waals surface area contributed by atoms with E-state index in [2.05, 4.69) is 52.1 Å². The molecule has 47 heavy (non-hydrogen) atoms. The van der Waals surface area contributed by atoms with Crippen LogP contribution in [-0.2, 0) is 17.7 Å². The van der Waals surface area contributed by atoms with E-state index in [0.717, 1.165) is 76.5 Å². The van der Waals surface area contributed by atoms with Gasteiger partial charge in [-0.2, -0.15) is 15.2 Å². The summed E-state index contributed by atoms with van der Waals surface area (Å²) >= 11 is 6.74. The highest BCUT2D eigenvalue weighted by Gasteiger charge is 2.48. The molecule has 3 fully saturated rings. The minimum atomic E-state index is -0.613. The van der Waals surface area contributed by atoms with Crippen molar-refractivity contribution in [3.05, 3.63) is 64.3 Å². The number of hydrogen-bond donors (Lipinski definition) is 0. The summed E-state index contributed by atoms with van der Waals surface area (Å²) in [6.45, 7) is 9.70. The molecule has 0 saturated carbocycles. The van der Waals surface area contributed by atoms with Crippen LogP contribution in [0.2, 0.25) is 5.02 Å². The van der Waals surface area contributed by atoms with Crippen molar-refractivity contribution in [2.75, 3.05) is 49.6 Å². The first kappa shape index (κ1) is 31.5. The molecule has 5 heterocycles. The van der Waals surface area contributed by atoms with E-state index in [1.165, 1.54) is 0 Å². The fraction of sp³-hybridized carbons (Fsp3) is 0.500. The van der Waals surface area contributed by atoms with E-state index in [1.54, 1.807) is 6.08 Å². The zero-order valence-electron chi connectivity index (χ0n) is 27.6. The lowest BCUT2D eigenvalue weighted by atomic mass is 10.0. The fourth-order valence-corrected chi connectivity index (χ4v) is 7.94. The Morgan fingerprint density at radius 2 is 1.94 bits per heavy atom. The molecule has 0 N–H and O–H groups in total. The van der Waals surface area contributed by atoms with Crippen LogP contribution in [0.1, 0.15) is 51.3 Å². The molecule has 2 bridgehead atoms. The van der Waals surface area contributed by atoms with Gasteiger partial charge in [-0.3, -0.25) is 4.90 Å². The lowest BCUT2D eigenvalue weighted by Gasteiger charge is -2.42. The molecular formula is C36H42ClN7O3. The molecule has 11 heteroatoms. The van der Waals surface area contributed by atoms with Gasteiger partial charge in [0.15, 0.2) is 0 Å². The van der Waals surface area contributed by atoms with Crippen molar-refractivity contribution in [1.29, 1.82) is 5.26 Å². The number of hydrogen-bond acceptors (Lipinski definition) is 9. The molecule has 4 aliphatic heterocycles. The summed E-state index contributed by atoms with van der Waals surface area (Å²) in [7, 11) is 2.14. The molecule has 1 unspecified atom stereocenters. The Hall–Kier alpha value is -4.07. The first-order chi connectivity index (χ1) is 22.6. The number of rotatable bonds is 5. The average Bonchev–Trinajstić information content (AvgIpc) is 3.55. The van der Waals surface area contributed by atoms with Gasteiger partial charge in [0.25, 0.3) is 0 Å². The molecule has 0 spiro atoms. The number of anilines is 2. The summed E-state index contributed by atoms with van der Waals surface area (Å²) in [5.41, 5.74) is 3.47. The van der Waals surface area contributed by atoms with Gasteiger partial charge in [0.2, 0.25) is 0 Å². The third kappa shape index (κ3) is 6.19. The number of fused-ring (bicyclic) bond motifs is 4. The number of halogens is 1. The molecule has 1 aromatic heterocycles. The Bertz CT molecular complexity index is 1760. The molecule has 246 valence electrons. The second-order valence-electron chi connectivity index (χ2n) is 14.1. The third-order valence-electron chi connectivity index (χ3n) is 9.88. The number of carbonyl (C=O) groups excluding carboxylic acids is 1. The highest BCUT2D eigenvalue weighted by Crippen LogP contribution is 2.41. The first-order valence-electron chi connectivity index (χ1n) is 16.6. The molecule has 2 aromatic carbocycles. The number of ether oxygens (including phenoxy) is 2. The van der Waals surface area contributed by atoms with Crippen molar-refractivity contribution < 1.29 is 14.3 Å². The number of aromatic nitrogens is 2. The standard InChI is InChI=1S/C36H42ClN7O3/c1-36(2,3)47-35(45)44-26-18-24(13-15-38)31(44)21-43(19-26)33-27-14-17-42(30-12-6-9-23-8-5-11-28(37)32(23)30)20-29(27)39-34(40-33)46-22-25-10-7-16-41(25)4/h5-6,8-9,11-13,25-26,31H,7,10,14,16-22H2,1-4H3/t25-,26+,31?/m0/s1. The SMILES string of the molecule is CN1CCC[C@H]1COc1nc2c(c(N3CC4C(=CC#N)C[C@H](C3)N4C(=O)OC(C)(C)C)n1)CCN(c1cccc3cccc(Cl)c13)C2. The zero-order valence-corrected chi connectivity index (χ0v) is 28.3. The van der Waals surface area contributed by atoms with Gasteiger partial charge in [-0.1, -0.05) is 35.9 Å². The number of carbonyl (C=O) groups is 1. The molecule has 10 nitrogen and oxygen atoms in total. The molecule has 0 radical (unpaired) electrons. The lowest BCUT2D eigenvalue weighted by molar-refractivity contribution is 0.0134. The van der Waals surface area contributed by atoms with Crippen LogP contribution >= 0.6 is 11.6 Å². The average molecular weight is 656 g/mol. The first-order valence-corrected chi connectivity index (χ1v) is 17.0. The molecule has 3 atom stereocenters. The fourth-order valence-electron chi connectivity index (χ4n) is 7.66. The number of likely N-dealkylation sites (tertiary alicyclic amines) is 1. The van der Waals surface area contributed by atoms with E-state index in [4.69, 9.17) is 31.0 Å². The summed E-state index contributed by atoms with van der Waals surface area (Å²) in [6.07, 6.45) is 4.89. The van der Waals surface area contributed by atoms with E-state index in [0.29, 0.717) is 44.7 Å². The maximum atomic E-state index is 13.4. The number of piperazine rings is 1. The van der Waals surface area contributed by atoms with E-state index in [1.807, 2.05) is 37.8 Å².